The van der Waals surface area contributed by atoms with Crippen LogP contribution in [0.25, 0.3) is 0 Å². The normalized spacial score (nSPS) is 29.3. The largest absolute Gasteiger partial charge is 0.466 e. The first-order valence-corrected chi connectivity index (χ1v) is 6.17. The van der Waals surface area contributed by atoms with E-state index in [1.54, 1.807) is 0 Å². The maximum absolute atomic E-state index is 11.6. The van der Waals surface area contributed by atoms with Crippen LogP contribution in [0.15, 0.2) is 0 Å². The number of carbonyl (C=O) groups is 1. The predicted octanol–water partition coefficient (Wildman–Crippen LogP) is 1.49. The molecule has 1 heterocycles. The maximum Gasteiger partial charge on any atom is 0.307 e. The molecular weight excluding hydrogens is 206 g/mol. The number of hydrogen-bond donors (Lipinski definition) is 1. The van der Waals surface area contributed by atoms with Gasteiger partial charge in [-0.15, -0.1) is 0 Å². The summed E-state index contributed by atoms with van der Waals surface area (Å²) in [4.78, 5) is 11.6. The van der Waals surface area contributed by atoms with Gasteiger partial charge >= 0.3 is 5.97 Å². The fourth-order valence-electron chi connectivity index (χ4n) is 2.15. The smallest absolute Gasteiger partial charge is 0.307 e. The van der Waals surface area contributed by atoms with Crippen molar-refractivity contribution >= 4 is 5.97 Å². The Balaban J connectivity index is 2.59. The molecule has 0 spiro atoms. The molecule has 16 heavy (non-hydrogen) atoms. The molecule has 0 aromatic rings. The molecule has 1 aliphatic heterocycles. The highest BCUT2D eigenvalue weighted by Gasteiger charge is 2.42. The summed E-state index contributed by atoms with van der Waals surface area (Å²) in [5, 5.41) is 3.46. The third-order valence-corrected chi connectivity index (χ3v) is 3.19. The first-order chi connectivity index (χ1) is 7.64. The van der Waals surface area contributed by atoms with Crippen LogP contribution in [0.1, 0.15) is 40.0 Å². The van der Waals surface area contributed by atoms with Gasteiger partial charge in [-0.2, -0.15) is 0 Å². The van der Waals surface area contributed by atoms with Gasteiger partial charge in [-0.05, 0) is 33.2 Å². The molecule has 4 heteroatoms. The van der Waals surface area contributed by atoms with Crippen LogP contribution in [0.4, 0.5) is 0 Å². The van der Waals surface area contributed by atoms with Gasteiger partial charge < -0.3 is 14.8 Å². The van der Waals surface area contributed by atoms with E-state index in [9.17, 15) is 4.79 Å². The number of rotatable bonds is 6. The van der Waals surface area contributed by atoms with Gasteiger partial charge in [0.05, 0.1) is 24.7 Å². The Bertz CT molecular complexity index is 232. The maximum atomic E-state index is 11.6. The molecule has 1 aliphatic rings. The van der Waals surface area contributed by atoms with E-state index in [-0.39, 0.29) is 17.6 Å². The zero-order chi connectivity index (χ0) is 12.0. The van der Waals surface area contributed by atoms with Crippen molar-refractivity contribution in [2.45, 2.75) is 51.7 Å². The Morgan fingerprint density at radius 3 is 2.81 bits per heavy atom. The van der Waals surface area contributed by atoms with Crippen LogP contribution in [0.5, 0.6) is 0 Å². The molecule has 2 unspecified atom stereocenters. The molecule has 94 valence electrons. The lowest BCUT2D eigenvalue weighted by Gasteiger charge is -2.32. The lowest BCUT2D eigenvalue weighted by Crippen LogP contribution is -2.52. The first-order valence-electron chi connectivity index (χ1n) is 6.17. The predicted molar refractivity (Wildman–Crippen MR) is 62.3 cm³/mol. The average Bonchev–Trinajstić information content (AvgIpc) is 2.58. The second kappa shape index (κ2) is 6.21. The van der Waals surface area contributed by atoms with Gasteiger partial charge in [0.2, 0.25) is 0 Å². The van der Waals surface area contributed by atoms with Crippen molar-refractivity contribution in [1.29, 1.82) is 0 Å². The van der Waals surface area contributed by atoms with E-state index in [4.69, 9.17) is 9.47 Å². The molecule has 1 rings (SSSR count). The summed E-state index contributed by atoms with van der Waals surface area (Å²) in [7, 11) is 0. The third-order valence-electron chi connectivity index (χ3n) is 3.19. The van der Waals surface area contributed by atoms with Crippen molar-refractivity contribution in [2.24, 2.45) is 0 Å². The minimum absolute atomic E-state index is 0.0726. The number of esters is 1. The molecule has 0 radical (unpaired) electrons. The van der Waals surface area contributed by atoms with Gasteiger partial charge in [-0.1, -0.05) is 6.92 Å². The number of carbonyl (C=O) groups excluding carboxylic acids is 1. The highest BCUT2D eigenvalue weighted by Crippen LogP contribution is 2.29. The summed E-state index contributed by atoms with van der Waals surface area (Å²) in [6.45, 7) is 8.04. The van der Waals surface area contributed by atoms with Gasteiger partial charge in [-0.25, -0.2) is 0 Å². The average molecular weight is 229 g/mol. The Kier molecular flexibility index (Phi) is 5.22. The van der Waals surface area contributed by atoms with Crippen LogP contribution < -0.4 is 5.32 Å². The molecule has 2 atom stereocenters. The molecule has 4 nitrogen and oxygen atoms in total. The van der Waals surface area contributed by atoms with Crippen molar-refractivity contribution in [2.75, 3.05) is 19.8 Å². The topological polar surface area (TPSA) is 47.6 Å². The third kappa shape index (κ3) is 3.19. The van der Waals surface area contributed by atoms with E-state index in [2.05, 4.69) is 12.2 Å². The van der Waals surface area contributed by atoms with Crippen LogP contribution in [-0.4, -0.2) is 37.4 Å². The second-order valence-electron chi connectivity index (χ2n) is 4.33. The fraction of sp³-hybridized carbons (Fsp3) is 0.917. The van der Waals surface area contributed by atoms with Crippen molar-refractivity contribution in [3.8, 4) is 0 Å². The van der Waals surface area contributed by atoms with E-state index in [1.165, 1.54) is 0 Å². The molecule has 1 N–H and O–H groups in total. The molecular formula is C12H23NO3. The lowest BCUT2D eigenvalue weighted by atomic mass is 9.88. The van der Waals surface area contributed by atoms with Crippen molar-refractivity contribution < 1.29 is 14.3 Å². The van der Waals surface area contributed by atoms with Crippen LogP contribution in [0.2, 0.25) is 0 Å². The fourth-order valence-corrected chi connectivity index (χ4v) is 2.15. The Morgan fingerprint density at radius 1 is 1.56 bits per heavy atom. The SMILES string of the molecule is CCCNC1(CC(=O)OCC)CCOC1C. The molecule has 0 aromatic heterocycles. The standard InChI is InChI=1S/C12H23NO3/c1-4-7-13-12(6-8-16-10(12)3)9-11(14)15-5-2/h10,13H,4-9H2,1-3H3. The summed E-state index contributed by atoms with van der Waals surface area (Å²) in [6, 6.07) is 0. The Morgan fingerprint density at radius 2 is 2.31 bits per heavy atom. The zero-order valence-electron chi connectivity index (χ0n) is 10.5. The van der Waals surface area contributed by atoms with Gasteiger partial charge in [0.15, 0.2) is 0 Å². The molecule has 0 amide bonds. The van der Waals surface area contributed by atoms with Gasteiger partial charge in [0, 0.05) is 6.61 Å². The number of hydrogen-bond acceptors (Lipinski definition) is 4. The van der Waals surface area contributed by atoms with Gasteiger partial charge in [-0.3, -0.25) is 4.79 Å². The van der Waals surface area contributed by atoms with Crippen LogP contribution >= 0.6 is 0 Å². The first kappa shape index (κ1) is 13.5. The lowest BCUT2D eigenvalue weighted by molar-refractivity contribution is -0.145. The van der Waals surface area contributed by atoms with E-state index >= 15 is 0 Å². The van der Waals surface area contributed by atoms with Crippen molar-refractivity contribution in [3.05, 3.63) is 0 Å². The van der Waals surface area contributed by atoms with E-state index in [1.807, 2.05) is 13.8 Å². The summed E-state index contributed by atoms with van der Waals surface area (Å²) >= 11 is 0. The summed E-state index contributed by atoms with van der Waals surface area (Å²) in [5.41, 5.74) is -0.220. The van der Waals surface area contributed by atoms with Crippen molar-refractivity contribution in [3.63, 3.8) is 0 Å². The summed E-state index contributed by atoms with van der Waals surface area (Å²) < 4.78 is 10.6. The van der Waals surface area contributed by atoms with Gasteiger partial charge in [0.25, 0.3) is 0 Å². The highest BCUT2D eigenvalue weighted by atomic mass is 16.5. The molecule has 0 aromatic carbocycles. The number of nitrogens with one attached hydrogen (secondary N) is 1. The van der Waals surface area contributed by atoms with E-state index in [0.29, 0.717) is 13.0 Å². The van der Waals surface area contributed by atoms with Crippen molar-refractivity contribution in [1.82, 2.24) is 5.32 Å². The molecule has 0 aliphatic carbocycles. The second-order valence-corrected chi connectivity index (χ2v) is 4.33. The molecule has 1 fully saturated rings. The van der Waals surface area contributed by atoms with Crippen LogP contribution in [-0.2, 0) is 14.3 Å². The van der Waals surface area contributed by atoms with E-state index in [0.717, 1.165) is 26.0 Å². The monoisotopic (exact) mass is 229 g/mol. The Hall–Kier alpha value is -0.610. The molecule has 0 saturated carbocycles. The van der Waals surface area contributed by atoms with Crippen LogP contribution in [0.3, 0.4) is 0 Å². The van der Waals surface area contributed by atoms with Crippen LogP contribution in [0, 0.1) is 0 Å². The number of ether oxygens (including phenoxy) is 2. The summed E-state index contributed by atoms with van der Waals surface area (Å²) in [6.07, 6.45) is 2.41. The molecule has 1 saturated heterocycles. The quantitative estimate of drug-likeness (QED) is 0.701. The minimum atomic E-state index is -0.220. The van der Waals surface area contributed by atoms with E-state index < -0.39 is 0 Å². The Labute approximate surface area is 97.7 Å². The zero-order valence-corrected chi connectivity index (χ0v) is 10.5. The minimum Gasteiger partial charge on any atom is -0.466 e. The summed E-state index contributed by atoms with van der Waals surface area (Å²) in [5.74, 6) is -0.136. The molecule has 0 bridgehead atoms. The highest BCUT2D eigenvalue weighted by molar-refractivity contribution is 5.71. The van der Waals surface area contributed by atoms with Gasteiger partial charge in [0.1, 0.15) is 0 Å².